The lowest BCUT2D eigenvalue weighted by atomic mass is 9.98. The number of carbonyl (C=O) groups is 2. The van der Waals surface area contributed by atoms with E-state index in [0.29, 0.717) is 19.0 Å². The van der Waals surface area contributed by atoms with Crippen molar-refractivity contribution in [3.63, 3.8) is 0 Å². The van der Waals surface area contributed by atoms with Crippen molar-refractivity contribution in [1.82, 2.24) is 16.0 Å². The molecule has 5 nitrogen and oxygen atoms in total. The maximum Gasteiger partial charge on any atom is 0.237 e. The highest BCUT2D eigenvalue weighted by Gasteiger charge is 2.27. The zero-order valence-corrected chi connectivity index (χ0v) is 10.3. The molecule has 3 N–H and O–H groups in total. The minimum Gasteiger partial charge on any atom is -0.354 e. The molecule has 2 amide bonds. The largest absolute Gasteiger partial charge is 0.354 e. The van der Waals surface area contributed by atoms with Gasteiger partial charge in [-0.3, -0.25) is 9.59 Å². The smallest absolute Gasteiger partial charge is 0.237 e. The summed E-state index contributed by atoms with van der Waals surface area (Å²) in [5, 5.41) is 9.10. The van der Waals surface area contributed by atoms with Crippen molar-refractivity contribution in [3.8, 4) is 0 Å². The molecule has 0 saturated carbocycles. The molecule has 2 aliphatic heterocycles. The van der Waals surface area contributed by atoms with Crippen LogP contribution >= 0.6 is 0 Å². The van der Waals surface area contributed by atoms with Crippen LogP contribution in [0, 0.1) is 0 Å². The van der Waals surface area contributed by atoms with Crippen molar-refractivity contribution in [2.45, 2.75) is 57.2 Å². The van der Waals surface area contributed by atoms with Crippen molar-refractivity contribution in [2.75, 3.05) is 6.54 Å². The van der Waals surface area contributed by atoms with E-state index >= 15 is 0 Å². The minimum absolute atomic E-state index is 0.0589. The molecule has 2 heterocycles. The van der Waals surface area contributed by atoms with E-state index in [1.807, 2.05) is 0 Å². The van der Waals surface area contributed by atoms with E-state index < -0.39 is 0 Å². The normalized spacial score (nSPS) is 33.9. The lowest BCUT2D eigenvalue weighted by molar-refractivity contribution is -0.127. The Bertz CT molecular complexity index is 296. The van der Waals surface area contributed by atoms with Crippen LogP contribution < -0.4 is 16.0 Å². The summed E-state index contributed by atoms with van der Waals surface area (Å²) in [7, 11) is 0. The highest BCUT2D eigenvalue weighted by atomic mass is 16.2. The Balaban J connectivity index is 1.78. The maximum atomic E-state index is 12.0. The first kappa shape index (κ1) is 12.4. The van der Waals surface area contributed by atoms with Gasteiger partial charge in [0.15, 0.2) is 0 Å². The molecule has 3 unspecified atom stereocenters. The Labute approximate surface area is 102 Å². The fraction of sp³-hybridized carbons (Fsp3) is 0.833. The van der Waals surface area contributed by atoms with Gasteiger partial charge in [0.1, 0.15) is 0 Å². The maximum absolute atomic E-state index is 12.0. The van der Waals surface area contributed by atoms with E-state index in [0.717, 1.165) is 25.7 Å². The second-order valence-corrected chi connectivity index (χ2v) is 5.10. The number of piperidine rings is 2. The van der Waals surface area contributed by atoms with Gasteiger partial charge in [0.25, 0.3) is 0 Å². The zero-order chi connectivity index (χ0) is 12.3. The average Bonchev–Trinajstić information content (AvgIpc) is 2.32. The molecule has 2 fully saturated rings. The van der Waals surface area contributed by atoms with Crippen molar-refractivity contribution >= 4 is 11.8 Å². The predicted molar refractivity (Wildman–Crippen MR) is 64.4 cm³/mol. The number of carbonyl (C=O) groups excluding carboxylic acids is 2. The Morgan fingerprint density at radius 1 is 1.35 bits per heavy atom. The number of hydrogen-bond donors (Lipinski definition) is 3. The van der Waals surface area contributed by atoms with Crippen molar-refractivity contribution in [1.29, 1.82) is 0 Å². The van der Waals surface area contributed by atoms with Gasteiger partial charge in [0, 0.05) is 25.0 Å². The van der Waals surface area contributed by atoms with Gasteiger partial charge in [-0.15, -0.1) is 0 Å². The number of hydrogen-bond acceptors (Lipinski definition) is 3. The van der Waals surface area contributed by atoms with Crippen LogP contribution in [-0.2, 0) is 9.59 Å². The lowest BCUT2D eigenvalue weighted by Gasteiger charge is -2.30. The molecule has 0 aliphatic carbocycles. The molecule has 2 saturated heterocycles. The van der Waals surface area contributed by atoms with Crippen LogP contribution in [0.1, 0.15) is 39.0 Å². The van der Waals surface area contributed by atoms with Gasteiger partial charge in [-0.25, -0.2) is 0 Å². The lowest BCUT2D eigenvalue weighted by Crippen LogP contribution is -2.55. The molecule has 17 heavy (non-hydrogen) atoms. The van der Waals surface area contributed by atoms with E-state index in [2.05, 4.69) is 22.9 Å². The number of amides is 2. The molecule has 0 bridgehead atoms. The molecule has 0 spiro atoms. The van der Waals surface area contributed by atoms with Crippen LogP contribution in [0.2, 0.25) is 0 Å². The molecule has 0 aromatic carbocycles. The predicted octanol–water partition coefficient (Wildman–Crippen LogP) is -0.0882. The Hall–Kier alpha value is -1.10. The van der Waals surface area contributed by atoms with E-state index in [4.69, 9.17) is 0 Å². The molecule has 2 aliphatic rings. The van der Waals surface area contributed by atoms with Gasteiger partial charge >= 0.3 is 0 Å². The van der Waals surface area contributed by atoms with Crippen molar-refractivity contribution < 1.29 is 9.59 Å². The van der Waals surface area contributed by atoms with Gasteiger partial charge in [-0.1, -0.05) is 0 Å². The zero-order valence-electron chi connectivity index (χ0n) is 10.3. The third-order valence-electron chi connectivity index (χ3n) is 3.54. The molecular weight excluding hydrogens is 218 g/mol. The summed E-state index contributed by atoms with van der Waals surface area (Å²) in [6.45, 7) is 2.67. The monoisotopic (exact) mass is 239 g/mol. The van der Waals surface area contributed by atoms with E-state index in [1.165, 1.54) is 0 Å². The van der Waals surface area contributed by atoms with Crippen molar-refractivity contribution in [2.24, 2.45) is 0 Å². The minimum atomic E-state index is -0.0589. The van der Waals surface area contributed by atoms with Gasteiger partial charge in [-0.2, -0.15) is 0 Å². The van der Waals surface area contributed by atoms with Crippen LogP contribution in [0.15, 0.2) is 0 Å². The first-order chi connectivity index (χ1) is 8.15. The third-order valence-corrected chi connectivity index (χ3v) is 3.54. The van der Waals surface area contributed by atoms with E-state index in [-0.39, 0.29) is 23.9 Å². The summed E-state index contributed by atoms with van der Waals surface area (Å²) in [6, 6.07) is 0.459. The first-order valence-corrected chi connectivity index (χ1v) is 6.48. The topological polar surface area (TPSA) is 70.2 Å². The second-order valence-electron chi connectivity index (χ2n) is 5.10. The fourth-order valence-corrected chi connectivity index (χ4v) is 2.50. The Morgan fingerprint density at radius 3 is 2.82 bits per heavy atom. The standard InChI is InChI=1S/C12H21N3O2/c1-8-3-2-4-10(14-8)12(17)15-9-5-6-11(16)13-7-9/h8-10,14H,2-7H2,1H3,(H,13,16)(H,15,17). The van der Waals surface area contributed by atoms with Crippen molar-refractivity contribution in [3.05, 3.63) is 0 Å². The van der Waals surface area contributed by atoms with Crippen LogP contribution in [0.3, 0.4) is 0 Å². The summed E-state index contributed by atoms with van der Waals surface area (Å²) in [4.78, 5) is 23.0. The summed E-state index contributed by atoms with van der Waals surface area (Å²) in [5.74, 6) is 0.164. The first-order valence-electron chi connectivity index (χ1n) is 6.48. The molecule has 96 valence electrons. The molecule has 5 heteroatoms. The van der Waals surface area contributed by atoms with E-state index in [1.54, 1.807) is 0 Å². The molecule has 3 atom stereocenters. The number of rotatable bonds is 2. The van der Waals surface area contributed by atoms with Gasteiger partial charge in [0.2, 0.25) is 11.8 Å². The summed E-state index contributed by atoms with van der Waals surface area (Å²) in [6.07, 6.45) is 4.42. The third kappa shape index (κ3) is 3.43. The summed E-state index contributed by atoms with van der Waals surface area (Å²) in [5.41, 5.74) is 0. The molecule has 0 aromatic heterocycles. The summed E-state index contributed by atoms with van der Waals surface area (Å²) < 4.78 is 0. The average molecular weight is 239 g/mol. The molecular formula is C12H21N3O2. The van der Waals surface area contributed by atoms with Crippen LogP contribution in [0.4, 0.5) is 0 Å². The highest BCUT2D eigenvalue weighted by molar-refractivity contribution is 5.83. The molecule has 0 aromatic rings. The SMILES string of the molecule is CC1CCCC(C(=O)NC2CCC(=O)NC2)N1. The Morgan fingerprint density at radius 2 is 2.18 bits per heavy atom. The van der Waals surface area contributed by atoms with Gasteiger partial charge in [-0.05, 0) is 32.6 Å². The Kier molecular flexibility index (Phi) is 3.99. The number of nitrogens with one attached hydrogen (secondary N) is 3. The quantitative estimate of drug-likeness (QED) is 0.631. The van der Waals surface area contributed by atoms with Gasteiger partial charge in [0.05, 0.1) is 6.04 Å². The van der Waals surface area contributed by atoms with Crippen LogP contribution in [-0.4, -0.2) is 36.5 Å². The van der Waals surface area contributed by atoms with Crippen LogP contribution in [0.25, 0.3) is 0 Å². The highest BCUT2D eigenvalue weighted by Crippen LogP contribution is 2.13. The van der Waals surface area contributed by atoms with Gasteiger partial charge < -0.3 is 16.0 Å². The van der Waals surface area contributed by atoms with E-state index in [9.17, 15) is 9.59 Å². The summed E-state index contributed by atoms with van der Waals surface area (Å²) >= 11 is 0. The van der Waals surface area contributed by atoms with Crippen LogP contribution in [0.5, 0.6) is 0 Å². The molecule has 0 radical (unpaired) electrons. The molecule has 2 rings (SSSR count). The second kappa shape index (κ2) is 5.49. The fourth-order valence-electron chi connectivity index (χ4n) is 2.50.